The Bertz CT molecular complexity index is 529. The predicted molar refractivity (Wildman–Crippen MR) is 64.1 cm³/mol. The van der Waals surface area contributed by atoms with Gasteiger partial charge in [0.25, 0.3) is 0 Å². The Hall–Kier alpha value is -2.43. The molecule has 0 radical (unpaired) electrons. The summed E-state index contributed by atoms with van der Waals surface area (Å²) in [6, 6.07) is 9.24. The van der Waals surface area contributed by atoms with Gasteiger partial charge in [0.1, 0.15) is 6.61 Å². The lowest BCUT2D eigenvalue weighted by molar-refractivity contribution is -0.136. The van der Waals surface area contributed by atoms with Crippen molar-refractivity contribution in [3.63, 3.8) is 0 Å². The van der Waals surface area contributed by atoms with E-state index in [9.17, 15) is 4.79 Å². The maximum absolute atomic E-state index is 10.7. The Morgan fingerprint density at radius 1 is 1.11 bits per heavy atom. The summed E-state index contributed by atoms with van der Waals surface area (Å²) >= 11 is 0. The highest BCUT2D eigenvalue weighted by Gasteiger charge is 2.07. The van der Waals surface area contributed by atoms with Crippen LogP contribution in [0.5, 0.6) is 6.01 Å². The van der Waals surface area contributed by atoms with Crippen LogP contribution in [0.2, 0.25) is 0 Å². The molecule has 5 nitrogen and oxygen atoms in total. The third-order valence-corrected chi connectivity index (χ3v) is 2.36. The zero-order valence-electron chi connectivity index (χ0n) is 9.61. The van der Waals surface area contributed by atoms with Crippen LogP contribution in [0.15, 0.2) is 42.7 Å². The van der Waals surface area contributed by atoms with E-state index in [1.807, 2.05) is 12.1 Å². The molecule has 2 rings (SSSR count). The molecule has 1 aromatic carbocycles. The summed E-state index contributed by atoms with van der Waals surface area (Å²) in [4.78, 5) is 18.6. The van der Waals surface area contributed by atoms with Gasteiger partial charge in [0, 0.05) is 12.4 Å². The Balaban J connectivity index is 2.07. The van der Waals surface area contributed by atoms with Crippen molar-refractivity contribution in [2.24, 2.45) is 0 Å². The predicted octanol–water partition coefficient (Wildman–Crippen LogP) is 1.68. The highest BCUT2D eigenvalue weighted by molar-refractivity contribution is 5.70. The lowest BCUT2D eigenvalue weighted by Crippen LogP contribution is -2.06. The SMILES string of the molecule is O=C(O)Cc1ccccc1COc1ncccn1. The number of nitrogens with zero attached hydrogens (tertiary/aromatic N) is 2. The molecule has 1 heterocycles. The summed E-state index contributed by atoms with van der Waals surface area (Å²) in [6.07, 6.45) is 3.16. The highest BCUT2D eigenvalue weighted by Crippen LogP contribution is 2.12. The van der Waals surface area contributed by atoms with Crippen LogP contribution in [-0.4, -0.2) is 21.0 Å². The molecule has 0 fully saturated rings. The molecule has 18 heavy (non-hydrogen) atoms. The normalized spacial score (nSPS) is 10.0. The van der Waals surface area contributed by atoms with E-state index in [-0.39, 0.29) is 19.0 Å². The van der Waals surface area contributed by atoms with Crippen LogP contribution in [0.3, 0.4) is 0 Å². The number of carbonyl (C=O) groups is 1. The van der Waals surface area contributed by atoms with E-state index < -0.39 is 5.97 Å². The van der Waals surface area contributed by atoms with Crippen LogP contribution >= 0.6 is 0 Å². The van der Waals surface area contributed by atoms with Crippen LogP contribution < -0.4 is 4.74 Å². The number of aliphatic carboxylic acids is 1. The van der Waals surface area contributed by atoms with E-state index in [4.69, 9.17) is 9.84 Å². The first-order valence-corrected chi connectivity index (χ1v) is 5.44. The number of carboxylic acid groups (broad SMARTS) is 1. The maximum Gasteiger partial charge on any atom is 0.316 e. The Morgan fingerprint density at radius 2 is 1.78 bits per heavy atom. The third-order valence-electron chi connectivity index (χ3n) is 2.36. The number of benzene rings is 1. The molecule has 0 spiro atoms. The van der Waals surface area contributed by atoms with E-state index in [0.29, 0.717) is 0 Å². The van der Waals surface area contributed by atoms with Gasteiger partial charge in [-0.1, -0.05) is 24.3 Å². The van der Waals surface area contributed by atoms with Crippen LogP contribution in [0.1, 0.15) is 11.1 Å². The zero-order valence-corrected chi connectivity index (χ0v) is 9.61. The first-order chi connectivity index (χ1) is 8.75. The van der Waals surface area contributed by atoms with Crippen molar-refractivity contribution in [3.05, 3.63) is 53.9 Å². The van der Waals surface area contributed by atoms with Crippen molar-refractivity contribution in [1.82, 2.24) is 9.97 Å². The third kappa shape index (κ3) is 3.28. The monoisotopic (exact) mass is 244 g/mol. The van der Waals surface area contributed by atoms with E-state index >= 15 is 0 Å². The molecule has 0 aliphatic heterocycles. The first kappa shape index (κ1) is 12.0. The molecule has 0 unspecified atom stereocenters. The molecule has 0 aliphatic rings. The molecule has 1 aromatic heterocycles. The fourth-order valence-electron chi connectivity index (χ4n) is 1.54. The number of hydrogen-bond acceptors (Lipinski definition) is 4. The molecule has 0 amide bonds. The molecule has 0 bridgehead atoms. The lowest BCUT2D eigenvalue weighted by Gasteiger charge is -2.08. The van der Waals surface area contributed by atoms with Gasteiger partial charge in [-0.2, -0.15) is 0 Å². The highest BCUT2D eigenvalue weighted by atomic mass is 16.5. The largest absolute Gasteiger partial charge is 0.481 e. The molecular formula is C13H12N2O3. The summed E-state index contributed by atoms with van der Waals surface area (Å²) in [5, 5.41) is 8.81. The van der Waals surface area contributed by atoms with Crippen LogP contribution in [0.25, 0.3) is 0 Å². The fraction of sp³-hybridized carbons (Fsp3) is 0.154. The van der Waals surface area contributed by atoms with E-state index in [1.165, 1.54) is 0 Å². The fourth-order valence-corrected chi connectivity index (χ4v) is 1.54. The second-order valence-electron chi connectivity index (χ2n) is 3.66. The van der Waals surface area contributed by atoms with Crippen LogP contribution in [0, 0.1) is 0 Å². The number of aromatic nitrogens is 2. The van der Waals surface area contributed by atoms with Gasteiger partial charge in [-0.25, -0.2) is 9.97 Å². The van der Waals surface area contributed by atoms with E-state index in [2.05, 4.69) is 9.97 Å². The van der Waals surface area contributed by atoms with Crippen molar-refractivity contribution in [2.45, 2.75) is 13.0 Å². The quantitative estimate of drug-likeness (QED) is 0.866. The summed E-state index contributed by atoms with van der Waals surface area (Å²) in [6.45, 7) is 0.257. The summed E-state index contributed by atoms with van der Waals surface area (Å²) in [5.41, 5.74) is 1.56. The minimum Gasteiger partial charge on any atom is -0.481 e. The number of carboxylic acids is 1. The molecule has 92 valence electrons. The molecule has 2 aromatic rings. The Kier molecular flexibility index (Phi) is 3.86. The molecule has 0 saturated heterocycles. The average molecular weight is 244 g/mol. The molecule has 0 aliphatic carbocycles. The summed E-state index contributed by atoms with van der Waals surface area (Å²) in [7, 11) is 0. The number of ether oxygens (including phenoxy) is 1. The first-order valence-electron chi connectivity index (χ1n) is 5.44. The minimum absolute atomic E-state index is 0.0187. The molecule has 1 N–H and O–H groups in total. The van der Waals surface area contributed by atoms with Gasteiger partial charge in [-0.05, 0) is 17.2 Å². The Labute approximate surface area is 104 Å². The van der Waals surface area contributed by atoms with Gasteiger partial charge in [-0.15, -0.1) is 0 Å². The molecule has 0 atom stereocenters. The summed E-state index contributed by atoms with van der Waals surface area (Å²) < 4.78 is 5.40. The average Bonchev–Trinajstić information content (AvgIpc) is 2.38. The molecular weight excluding hydrogens is 232 g/mol. The van der Waals surface area contributed by atoms with Crippen molar-refractivity contribution < 1.29 is 14.6 Å². The number of rotatable bonds is 5. The topological polar surface area (TPSA) is 72.3 Å². The van der Waals surface area contributed by atoms with Crippen molar-refractivity contribution >= 4 is 5.97 Å². The minimum atomic E-state index is -0.863. The van der Waals surface area contributed by atoms with Crippen molar-refractivity contribution in [3.8, 4) is 6.01 Å². The van der Waals surface area contributed by atoms with Crippen LogP contribution in [0.4, 0.5) is 0 Å². The van der Waals surface area contributed by atoms with Crippen molar-refractivity contribution in [1.29, 1.82) is 0 Å². The van der Waals surface area contributed by atoms with Gasteiger partial charge in [-0.3, -0.25) is 4.79 Å². The second kappa shape index (κ2) is 5.77. The van der Waals surface area contributed by atoms with Gasteiger partial charge in [0.05, 0.1) is 6.42 Å². The van der Waals surface area contributed by atoms with Gasteiger partial charge < -0.3 is 9.84 Å². The molecule has 0 saturated carbocycles. The maximum atomic E-state index is 10.7. The van der Waals surface area contributed by atoms with E-state index in [0.717, 1.165) is 11.1 Å². The molecule has 5 heteroatoms. The number of hydrogen-bond donors (Lipinski definition) is 1. The van der Waals surface area contributed by atoms with Gasteiger partial charge >= 0.3 is 12.0 Å². The zero-order chi connectivity index (χ0) is 12.8. The second-order valence-corrected chi connectivity index (χ2v) is 3.66. The smallest absolute Gasteiger partial charge is 0.316 e. The lowest BCUT2D eigenvalue weighted by atomic mass is 10.1. The summed E-state index contributed by atoms with van der Waals surface area (Å²) in [5.74, 6) is -0.863. The van der Waals surface area contributed by atoms with Gasteiger partial charge in [0.2, 0.25) is 0 Å². The Morgan fingerprint density at radius 3 is 2.44 bits per heavy atom. The standard InChI is InChI=1S/C13H12N2O3/c16-12(17)8-10-4-1-2-5-11(10)9-18-13-14-6-3-7-15-13/h1-7H,8-9H2,(H,16,17). The van der Waals surface area contributed by atoms with Gasteiger partial charge in [0.15, 0.2) is 0 Å². The van der Waals surface area contributed by atoms with Crippen LogP contribution in [-0.2, 0) is 17.8 Å². The van der Waals surface area contributed by atoms with E-state index in [1.54, 1.807) is 30.6 Å². The van der Waals surface area contributed by atoms with Crippen molar-refractivity contribution in [2.75, 3.05) is 0 Å².